The Morgan fingerprint density at radius 1 is 1.17 bits per heavy atom. The molecule has 6 unspecified atom stereocenters. The minimum Gasteiger partial charge on any atom is -0.459 e. The highest BCUT2D eigenvalue weighted by molar-refractivity contribution is 14.1. The smallest absolute Gasteiger partial charge is 0.322 e. The van der Waals surface area contributed by atoms with Gasteiger partial charge in [-0.05, 0) is 41.0 Å². The van der Waals surface area contributed by atoms with Crippen LogP contribution in [0.3, 0.4) is 0 Å². The van der Waals surface area contributed by atoms with Crippen LogP contribution in [0.2, 0.25) is 0 Å². The van der Waals surface area contributed by atoms with Crippen molar-refractivity contribution < 1.29 is 24.5 Å². The average Bonchev–Trinajstić information content (AvgIpc) is 2.94. The van der Waals surface area contributed by atoms with Gasteiger partial charge in [0, 0.05) is 18.3 Å². The summed E-state index contributed by atoms with van der Waals surface area (Å²) in [4.78, 5) is 12.4. The molecule has 0 saturated carbocycles. The maximum absolute atomic E-state index is 12.4. The van der Waals surface area contributed by atoms with Crippen LogP contribution >= 0.6 is 22.6 Å². The number of alkyl halides is 1. The van der Waals surface area contributed by atoms with E-state index >= 15 is 0 Å². The summed E-state index contributed by atoms with van der Waals surface area (Å²) in [7, 11) is 0. The minimum atomic E-state index is -1.02. The number of rotatable bonds is 5. The van der Waals surface area contributed by atoms with E-state index in [0.717, 1.165) is 0 Å². The first-order chi connectivity index (χ1) is 10.3. The van der Waals surface area contributed by atoms with Gasteiger partial charge < -0.3 is 19.7 Å². The molecule has 0 aromatic rings. The molecule has 0 amide bonds. The third kappa shape index (κ3) is 3.70. The molecule has 2 rings (SSSR count). The Bertz CT molecular complexity index is 463. The first-order valence-electron chi connectivity index (χ1n) is 8.29. The standard InChI is InChI=1S/C17H29IO5/c1-7-17(6,18)14(19)23-10-8-9-11(15(2,3)20)12(13(10)22-9)16(4,5)21/h9-13,20-21H,7-8H2,1-6H3. The van der Waals surface area contributed by atoms with E-state index in [0.29, 0.717) is 12.8 Å². The molecule has 2 N–H and O–H groups in total. The SMILES string of the molecule is CCC(C)(I)C(=O)OC1CC2OC1C(C(C)(C)O)C2C(C)(C)O. The van der Waals surface area contributed by atoms with Crippen molar-refractivity contribution in [3.63, 3.8) is 0 Å². The number of hydrogen-bond acceptors (Lipinski definition) is 5. The molecule has 2 fully saturated rings. The normalized spacial score (nSPS) is 36.8. The van der Waals surface area contributed by atoms with E-state index in [-0.39, 0.29) is 36.1 Å². The topological polar surface area (TPSA) is 76.0 Å². The molecule has 5 nitrogen and oxygen atoms in total. The van der Waals surface area contributed by atoms with Crippen LogP contribution in [-0.2, 0) is 14.3 Å². The summed E-state index contributed by atoms with van der Waals surface area (Å²) >= 11 is 2.12. The zero-order valence-electron chi connectivity index (χ0n) is 14.8. The van der Waals surface area contributed by atoms with Crippen LogP contribution in [0.25, 0.3) is 0 Å². The predicted molar refractivity (Wildman–Crippen MR) is 95.4 cm³/mol. The molecule has 2 aliphatic rings. The molecule has 134 valence electrons. The maximum atomic E-state index is 12.4. The van der Waals surface area contributed by atoms with Crippen molar-refractivity contribution in [2.75, 3.05) is 0 Å². The molecule has 0 radical (unpaired) electrons. The Hall–Kier alpha value is 0.0800. The van der Waals surface area contributed by atoms with Crippen molar-refractivity contribution in [1.82, 2.24) is 0 Å². The summed E-state index contributed by atoms with van der Waals surface area (Å²) in [6.07, 6.45) is 0.340. The van der Waals surface area contributed by atoms with Crippen molar-refractivity contribution in [1.29, 1.82) is 0 Å². The number of carbonyl (C=O) groups excluding carboxylic acids is 1. The summed E-state index contributed by atoms with van der Waals surface area (Å²) in [6, 6.07) is 0. The molecule has 2 aliphatic heterocycles. The third-order valence-corrected chi connectivity index (χ3v) is 6.49. The fourth-order valence-corrected chi connectivity index (χ4v) is 4.07. The number of esters is 1. The summed E-state index contributed by atoms with van der Waals surface area (Å²) in [5, 5.41) is 21.1. The fraction of sp³-hybridized carbons (Fsp3) is 0.941. The highest BCUT2D eigenvalue weighted by atomic mass is 127. The highest BCUT2D eigenvalue weighted by Gasteiger charge is 2.63. The van der Waals surface area contributed by atoms with E-state index in [1.165, 1.54) is 0 Å². The van der Waals surface area contributed by atoms with Crippen molar-refractivity contribution in [2.45, 2.75) is 87.3 Å². The maximum Gasteiger partial charge on any atom is 0.322 e. The van der Waals surface area contributed by atoms with Crippen LogP contribution in [0.15, 0.2) is 0 Å². The van der Waals surface area contributed by atoms with Gasteiger partial charge in [-0.15, -0.1) is 0 Å². The second-order valence-electron chi connectivity index (χ2n) is 8.23. The predicted octanol–water partition coefficient (Wildman–Crippen LogP) is 2.45. The Labute approximate surface area is 152 Å². The summed E-state index contributed by atoms with van der Waals surface area (Å²) in [5.41, 5.74) is -1.98. The molecule has 0 aliphatic carbocycles. The summed E-state index contributed by atoms with van der Waals surface area (Å²) in [5.74, 6) is -0.697. The number of fused-ring (bicyclic) bond motifs is 2. The van der Waals surface area contributed by atoms with E-state index in [1.807, 2.05) is 13.8 Å². The van der Waals surface area contributed by atoms with Crippen LogP contribution in [-0.4, -0.2) is 49.1 Å². The van der Waals surface area contributed by atoms with Crippen LogP contribution < -0.4 is 0 Å². The van der Waals surface area contributed by atoms with Crippen molar-refractivity contribution in [3.8, 4) is 0 Å². The van der Waals surface area contributed by atoms with Crippen molar-refractivity contribution in [2.24, 2.45) is 11.8 Å². The number of hydrogen-bond donors (Lipinski definition) is 2. The van der Waals surface area contributed by atoms with Gasteiger partial charge in [0.05, 0.1) is 17.3 Å². The molecule has 6 atom stereocenters. The molecular weight excluding hydrogens is 411 g/mol. The lowest BCUT2D eigenvalue weighted by Gasteiger charge is -2.44. The monoisotopic (exact) mass is 440 g/mol. The molecule has 23 heavy (non-hydrogen) atoms. The largest absolute Gasteiger partial charge is 0.459 e. The second-order valence-corrected chi connectivity index (χ2v) is 10.6. The minimum absolute atomic E-state index is 0.181. The molecule has 2 bridgehead atoms. The molecule has 6 heteroatoms. The number of carbonyl (C=O) groups is 1. The fourth-order valence-electron chi connectivity index (χ4n) is 3.95. The van der Waals surface area contributed by atoms with E-state index in [9.17, 15) is 15.0 Å². The Morgan fingerprint density at radius 2 is 1.70 bits per heavy atom. The van der Waals surface area contributed by atoms with Crippen molar-refractivity contribution >= 4 is 28.6 Å². The van der Waals surface area contributed by atoms with Gasteiger partial charge in [0.2, 0.25) is 0 Å². The quantitative estimate of drug-likeness (QED) is 0.390. The Balaban J connectivity index is 2.20. The summed E-state index contributed by atoms with van der Waals surface area (Å²) in [6.45, 7) is 10.8. The van der Waals surface area contributed by atoms with Gasteiger partial charge in [-0.1, -0.05) is 29.5 Å². The van der Waals surface area contributed by atoms with Crippen LogP contribution in [0.4, 0.5) is 0 Å². The highest BCUT2D eigenvalue weighted by Crippen LogP contribution is 2.52. The lowest BCUT2D eigenvalue weighted by Crippen LogP contribution is -2.55. The second kappa shape index (κ2) is 6.11. The number of halogens is 1. The molecular formula is C17H29IO5. The first kappa shape index (κ1) is 19.4. The molecule has 0 aromatic carbocycles. The van der Waals surface area contributed by atoms with E-state index in [4.69, 9.17) is 9.47 Å². The van der Waals surface area contributed by atoms with E-state index in [2.05, 4.69) is 22.6 Å². The lowest BCUT2D eigenvalue weighted by molar-refractivity contribution is -0.160. The zero-order chi connectivity index (χ0) is 17.8. The lowest BCUT2D eigenvalue weighted by atomic mass is 9.65. The Kier molecular flexibility index (Phi) is 5.15. The molecule has 0 aromatic heterocycles. The zero-order valence-corrected chi connectivity index (χ0v) is 17.0. The average molecular weight is 440 g/mol. The number of aliphatic hydroxyl groups is 2. The third-order valence-electron chi connectivity index (χ3n) is 5.28. The van der Waals surface area contributed by atoms with Gasteiger partial charge in [-0.2, -0.15) is 0 Å². The van der Waals surface area contributed by atoms with E-state index < -0.39 is 14.6 Å². The van der Waals surface area contributed by atoms with Gasteiger partial charge in [-0.3, -0.25) is 4.79 Å². The number of ether oxygens (including phenoxy) is 2. The van der Waals surface area contributed by atoms with Gasteiger partial charge >= 0.3 is 5.97 Å². The van der Waals surface area contributed by atoms with Gasteiger partial charge in [0.15, 0.2) is 0 Å². The van der Waals surface area contributed by atoms with Gasteiger partial charge in [0.25, 0.3) is 0 Å². The van der Waals surface area contributed by atoms with Crippen LogP contribution in [0.1, 0.15) is 54.4 Å². The van der Waals surface area contributed by atoms with Crippen LogP contribution in [0, 0.1) is 11.8 Å². The molecule has 0 spiro atoms. The molecule has 2 saturated heterocycles. The summed E-state index contributed by atoms with van der Waals surface area (Å²) < 4.78 is 11.2. The first-order valence-corrected chi connectivity index (χ1v) is 9.37. The van der Waals surface area contributed by atoms with Gasteiger partial charge in [0.1, 0.15) is 15.6 Å². The van der Waals surface area contributed by atoms with Crippen LogP contribution in [0.5, 0.6) is 0 Å². The van der Waals surface area contributed by atoms with Gasteiger partial charge in [-0.25, -0.2) is 0 Å². The van der Waals surface area contributed by atoms with E-state index in [1.54, 1.807) is 27.7 Å². The molecule has 2 heterocycles. The Morgan fingerprint density at radius 3 is 2.13 bits per heavy atom. The van der Waals surface area contributed by atoms with Crippen molar-refractivity contribution in [3.05, 3.63) is 0 Å².